The standard InChI is InChI=1S/C17H31N5O3S/c1-13-16(14(2)21(5)19-13)8-9-17(23)18-11-15-7-6-10-22(12-15)26(24,25)20(3)4/h15H,6-12H2,1-5H3,(H,18,23). The maximum absolute atomic E-state index is 12.3. The lowest BCUT2D eigenvalue weighted by Crippen LogP contribution is -2.47. The molecule has 0 aromatic carbocycles. The van der Waals surface area contributed by atoms with E-state index in [2.05, 4.69) is 10.4 Å². The SMILES string of the molecule is Cc1nn(C)c(C)c1CCC(=O)NCC1CCCN(S(=O)(=O)N(C)C)C1. The van der Waals surface area contributed by atoms with Crippen LogP contribution in [-0.4, -0.2) is 66.4 Å². The van der Waals surface area contributed by atoms with Gasteiger partial charge in [-0.1, -0.05) is 0 Å². The van der Waals surface area contributed by atoms with Crippen molar-refractivity contribution in [2.45, 2.75) is 39.5 Å². The molecule has 0 spiro atoms. The van der Waals surface area contributed by atoms with Gasteiger partial charge in [0.2, 0.25) is 5.91 Å². The van der Waals surface area contributed by atoms with Crippen LogP contribution in [0.4, 0.5) is 0 Å². The highest BCUT2D eigenvalue weighted by Gasteiger charge is 2.30. The highest BCUT2D eigenvalue weighted by Crippen LogP contribution is 2.20. The molecule has 9 heteroatoms. The Morgan fingerprint density at radius 1 is 1.35 bits per heavy atom. The third-order valence-electron chi connectivity index (χ3n) is 5.12. The topological polar surface area (TPSA) is 87.5 Å². The predicted molar refractivity (Wildman–Crippen MR) is 101 cm³/mol. The largest absolute Gasteiger partial charge is 0.356 e. The molecule has 148 valence electrons. The average molecular weight is 386 g/mol. The van der Waals surface area contributed by atoms with Crippen molar-refractivity contribution in [3.05, 3.63) is 17.0 Å². The van der Waals surface area contributed by atoms with Crippen LogP contribution in [-0.2, 0) is 28.5 Å². The number of aryl methyl sites for hydroxylation is 2. The minimum atomic E-state index is -3.38. The van der Waals surface area contributed by atoms with E-state index < -0.39 is 10.2 Å². The van der Waals surface area contributed by atoms with Crippen LogP contribution in [0.5, 0.6) is 0 Å². The first-order chi connectivity index (χ1) is 12.1. The molecule has 0 saturated carbocycles. The molecular formula is C17H31N5O3S. The molecule has 1 aromatic rings. The molecule has 0 bridgehead atoms. The molecule has 2 heterocycles. The highest BCUT2D eigenvalue weighted by atomic mass is 32.2. The number of carbonyl (C=O) groups is 1. The van der Waals surface area contributed by atoms with E-state index in [0.717, 1.165) is 29.8 Å². The van der Waals surface area contributed by atoms with E-state index in [1.54, 1.807) is 14.1 Å². The van der Waals surface area contributed by atoms with E-state index in [-0.39, 0.29) is 11.8 Å². The molecule has 1 unspecified atom stereocenters. The smallest absolute Gasteiger partial charge is 0.281 e. The van der Waals surface area contributed by atoms with Gasteiger partial charge in [0.15, 0.2) is 0 Å². The van der Waals surface area contributed by atoms with Crippen molar-refractivity contribution in [3.63, 3.8) is 0 Å². The number of hydrogen-bond acceptors (Lipinski definition) is 4. The van der Waals surface area contributed by atoms with Crippen LogP contribution < -0.4 is 5.32 Å². The molecule has 26 heavy (non-hydrogen) atoms. The molecular weight excluding hydrogens is 354 g/mol. The first-order valence-corrected chi connectivity index (χ1v) is 10.5. The van der Waals surface area contributed by atoms with Crippen LogP contribution in [0.25, 0.3) is 0 Å². The van der Waals surface area contributed by atoms with Crippen molar-refractivity contribution in [2.24, 2.45) is 13.0 Å². The lowest BCUT2D eigenvalue weighted by molar-refractivity contribution is -0.121. The van der Waals surface area contributed by atoms with Crippen molar-refractivity contribution in [2.75, 3.05) is 33.7 Å². The number of aromatic nitrogens is 2. The van der Waals surface area contributed by atoms with Gasteiger partial charge in [-0.2, -0.15) is 22.1 Å². The summed E-state index contributed by atoms with van der Waals surface area (Å²) in [5.41, 5.74) is 3.19. The van der Waals surface area contributed by atoms with Crippen molar-refractivity contribution in [3.8, 4) is 0 Å². The van der Waals surface area contributed by atoms with Crippen molar-refractivity contribution < 1.29 is 13.2 Å². The summed E-state index contributed by atoms with van der Waals surface area (Å²) in [5.74, 6) is 0.157. The Hall–Kier alpha value is -1.45. The lowest BCUT2D eigenvalue weighted by atomic mass is 9.99. The van der Waals surface area contributed by atoms with E-state index in [0.29, 0.717) is 32.5 Å². The van der Waals surface area contributed by atoms with E-state index in [1.165, 1.54) is 8.61 Å². The molecule has 1 fully saturated rings. The van der Waals surface area contributed by atoms with E-state index in [1.807, 2.05) is 25.6 Å². The number of hydrogen-bond donors (Lipinski definition) is 1. The fourth-order valence-corrected chi connectivity index (χ4v) is 4.62. The van der Waals surface area contributed by atoms with Crippen molar-refractivity contribution >= 4 is 16.1 Å². The second-order valence-electron chi connectivity index (χ2n) is 7.23. The van der Waals surface area contributed by atoms with E-state index in [9.17, 15) is 13.2 Å². The minimum Gasteiger partial charge on any atom is -0.356 e. The third kappa shape index (κ3) is 4.83. The van der Waals surface area contributed by atoms with Crippen LogP contribution in [0.15, 0.2) is 0 Å². The second kappa shape index (κ2) is 8.49. The maximum Gasteiger partial charge on any atom is 0.281 e. The van der Waals surface area contributed by atoms with Gasteiger partial charge in [-0.05, 0) is 44.6 Å². The number of carbonyl (C=O) groups excluding carboxylic acids is 1. The molecule has 8 nitrogen and oxygen atoms in total. The molecule has 1 atom stereocenters. The summed E-state index contributed by atoms with van der Waals surface area (Å²) < 4.78 is 29.1. The molecule has 1 aliphatic rings. The number of nitrogens with zero attached hydrogens (tertiary/aromatic N) is 4. The zero-order valence-electron chi connectivity index (χ0n) is 16.4. The second-order valence-corrected chi connectivity index (χ2v) is 9.38. The number of amides is 1. The Morgan fingerprint density at radius 3 is 2.62 bits per heavy atom. The Kier molecular flexibility index (Phi) is 6.81. The van der Waals surface area contributed by atoms with E-state index >= 15 is 0 Å². The van der Waals surface area contributed by atoms with Crippen molar-refractivity contribution in [1.82, 2.24) is 23.7 Å². The third-order valence-corrected chi connectivity index (χ3v) is 7.03. The van der Waals surface area contributed by atoms with Gasteiger partial charge in [-0.3, -0.25) is 9.48 Å². The Morgan fingerprint density at radius 2 is 2.04 bits per heavy atom. The summed E-state index contributed by atoms with van der Waals surface area (Å²) >= 11 is 0. The van der Waals surface area contributed by atoms with Gasteiger partial charge < -0.3 is 5.32 Å². The van der Waals surface area contributed by atoms with Gasteiger partial charge in [0.1, 0.15) is 0 Å². The first-order valence-electron chi connectivity index (χ1n) is 9.06. The number of rotatable bonds is 7. The lowest BCUT2D eigenvalue weighted by Gasteiger charge is -2.33. The van der Waals surface area contributed by atoms with Gasteiger partial charge in [-0.25, -0.2) is 0 Å². The van der Waals surface area contributed by atoms with Gasteiger partial charge in [0, 0.05) is 52.9 Å². The molecule has 1 aliphatic heterocycles. The molecule has 1 aromatic heterocycles. The van der Waals surface area contributed by atoms with Crippen molar-refractivity contribution in [1.29, 1.82) is 0 Å². The molecule has 1 amide bonds. The summed E-state index contributed by atoms with van der Waals surface area (Å²) in [6.45, 7) is 5.49. The first kappa shape index (κ1) is 20.9. The zero-order valence-corrected chi connectivity index (χ0v) is 17.3. The van der Waals surface area contributed by atoms with Crippen LogP contribution >= 0.6 is 0 Å². The fourth-order valence-electron chi connectivity index (χ4n) is 3.40. The highest BCUT2D eigenvalue weighted by molar-refractivity contribution is 7.86. The van der Waals surface area contributed by atoms with Crippen LogP contribution in [0.2, 0.25) is 0 Å². The molecule has 1 N–H and O–H groups in total. The predicted octanol–water partition coefficient (Wildman–Crippen LogP) is 0.604. The van der Waals surface area contributed by atoms with Crippen LogP contribution in [0.3, 0.4) is 0 Å². The summed E-state index contributed by atoms with van der Waals surface area (Å²) in [4.78, 5) is 12.2. The zero-order chi connectivity index (χ0) is 19.5. The molecule has 1 saturated heterocycles. The van der Waals surface area contributed by atoms with E-state index in [4.69, 9.17) is 0 Å². The fraction of sp³-hybridized carbons (Fsp3) is 0.765. The normalized spacial score (nSPS) is 19.1. The van der Waals surface area contributed by atoms with Gasteiger partial charge in [-0.15, -0.1) is 0 Å². The average Bonchev–Trinajstić information content (AvgIpc) is 2.83. The Labute approximate surface area is 156 Å². The summed E-state index contributed by atoms with van der Waals surface area (Å²) in [5, 5.41) is 7.34. The summed E-state index contributed by atoms with van der Waals surface area (Å²) in [7, 11) is 1.61. The molecule has 2 rings (SSSR count). The number of nitrogens with one attached hydrogen (secondary N) is 1. The number of piperidine rings is 1. The monoisotopic (exact) mass is 385 g/mol. The summed E-state index contributed by atoms with van der Waals surface area (Å²) in [6.07, 6.45) is 2.84. The summed E-state index contributed by atoms with van der Waals surface area (Å²) in [6, 6.07) is 0. The van der Waals surface area contributed by atoms with Crippen LogP contribution in [0, 0.1) is 19.8 Å². The Balaban J connectivity index is 1.82. The van der Waals surface area contributed by atoms with Gasteiger partial charge in [0.05, 0.1) is 5.69 Å². The van der Waals surface area contributed by atoms with Gasteiger partial charge >= 0.3 is 0 Å². The Bertz CT molecular complexity index is 742. The van der Waals surface area contributed by atoms with Crippen LogP contribution in [0.1, 0.15) is 36.2 Å². The molecule has 0 radical (unpaired) electrons. The molecule has 0 aliphatic carbocycles. The quantitative estimate of drug-likeness (QED) is 0.745. The maximum atomic E-state index is 12.3. The minimum absolute atomic E-state index is 0.000225. The van der Waals surface area contributed by atoms with Gasteiger partial charge in [0.25, 0.3) is 10.2 Å².